The maximum atomic E-state index is 14.1. The van der Waals surface area contributed by atoms with Crippen molar-refractivity contribution in [1.82, 2.24) is 4.90 Å². The largest absolute Gasteiger partial charge is 0.459 e. The molecule has 0 aliphatic carbocycles. The molecule has 3 aliphatic heterocycles. The number of hydrogen-bond donors (Lipinski definition) is 6. The van der Waals surface area contributed by atoms with Gasteiger partial charge in [0.15, 0.2) is 18.4 Å². The van der Waals surface area contributed by atoms with Crippen molar-refractivity contribution in [2.24, 2.45) is 17.8 Å². The number of cyclic esters (lactones) is 1. The smallest absolute Gasteiger partial charge is 0.311 e. The first kappa shape index (κ1) is 45.1. The quantitative estimate of drug-likeness (QED) is 0.200. The summed E-state index contributed by atoms with van der Waals surface area (Å²) < 4.78 is 36.8. The molecule has 3 aliphatic rings. The number of rotatable bonds is 7. The first-order chi connectivity index (χ1) is 23.7. The molecule has 3 saturated heterocycles. The Kier molecular flexibility index (Phi) is 14.6. The van der Waals surface area contributed by atoms with E-state index < -0.39 is 114 Å². The van der Waals surface area contributed by atoms with Gasteiger partial charge in [-0.15, -0.1) is 0 Å². The molecule has 3 rings (SSSR count). The lowest BCUT2D eigenvalue weighted by Crippen LogP contribution is -2.63. The lowest BCUT2D eigenvalue weighted by atomic mass is 9.72. The summed E-state index contributed by atoms with van der Waals surface area (Å²) in [5, 5.41) is 69.4. The highest BCUT2D eigenvalue weighted by molar-refractivity contribution is 5.89. The number of aliphatic hydroxyl groups is 6. The Morgan fingerprint density at radius 3 is 2.02 bits per heavy atom. The van der Waals surface area contributed by atoms with Gasteiger partial charge in [0, 0.05) is 37.8 Å². The second-order valence-electron chi connectivity index (χ2n) is 16.8. The number of Topliss-reactive ketones (excluding diaryl/α,β-unsaturated/α-hetero) is 1. The number of ketones is 1. The molecule has 52 heavy (non-hydrogen) atoms. The van der Waals surface area contributed by atoms with Crippen LogP contribution in [0.4, 0.5) is 0 Å². The average molecular weight is 750 g/mol. The van der Waals surface area contributed by atoms with E-state index in [1.807, 2.05) is 25.9 Å². The zero-order chi connectivity index (χ0) is 39.9. The van der Waals surface area contributed by atoms with Crippen LogP contribution >= 0.6 is 0 Å². The SMILES string of the molecule is CC[C@@H]1OC(=O)C(C)[C@H](OC2C[C@@](C)(OC)C(O)[C@H](C)O2)C(C)[C@@H](OC2OC(C)CC(N(C)C)[C@H]2O)[C@](C)(O)C[C@](C)(O)C(=O)C(C)[C@@H](O)[C@]1(C)O. The molecule has 3 heterocycles. The molecule has 0 bridgehead atoms. The minimum absolute atomic E-state index is 0.0496. The van der Waals surface area contributed by atoms with Gasteiger partial charge in [0.2, 0.25) is 0 Å². The number of aliphatic hydroxyl groups excluding tert-OH is 3. The molecule has 0 spiro atoms. The normalized spacial score (nSPS) is 50.5. The van der Waals surface area contributed by atoms with Crippen LogP contribution in [-0.2, 0) is 38.0 Å². The number of hydrogen-bond acceptors (Lipinski definition) is 15. The fourth-order valence-corrected chi connectivity index (χ4v) is 8.49. The van der Waals surface area contributed by atoms with Crippen molar-refractivity contribution in [1.29, 1.82) is 0 Å². The van der Waals surface area contributed by atoms with Crippen molar-refractivity contribution < 1.29 is 68.6 Å². The summed E-state index contributed by atoms with van der Waals surface area (Å²) in [6, 6.07) is -0.380. The molecule has 0 radical (unpaired) electrons. The monoisotopic (exact) mass is 749 g/mol. The molecule has 304 valence electrons. The number of likely N-dealkylation sites (N-methyl/N-ethyl adjacent to an activating group) is 1. The lowest BCUT2D eigenvalue weighted by Gasteiger charge is -2.49. The summed E-state index contributed by atoms with van der Waals surface area (Å²) in [4.78, 5) is 29.8. The van der Waals surface area contributed by atoms with E-state index in [1.165, 1.54) is 34.8 Å². The van der Waals surface area contributed by atoms with E-state index in [4.69, 9.17) is 28.4 Å². The van der Waals surface area contributed by atoms with Gasteiger partial charge in [0.25, 0.3) is 0 Å². The molecule has 8 unspecified atom stereocenters. The number of carbonyl (C=O) groups excluding carboxylic acids is 2. The second-order valence-corrected chi connectivity index (χ2v) is 16.8. The summed E-state index contributed by atoms with van der Waals surface area (Å²) in [5.41, 5.74) is -7.56. The molecule has 0 amide bonds. The fraction of sp³-hybridized carbons (Fsp3) is 0.946. The Labute approximate surface area is 308 Å². The molecule has 0 aromatic heterocycles. The van der Waals surface area contributed by atoms with E-state index in [0.29, 0.717) is 6.42 Å². The van der Waals surface area contributed by atoms with Crippen molar-refractivity contribution >= 4 is 11.8 Å². The Balaban J connectivity index is 2.22. The standard InChI is InChI=1S/C37H67NO14/c1-14-24-37(10,46)29(41)21(5)28(40)34(7,44)17-35(8,45)31(52-33-26(39)23(38(11)12)15-18(2)48-33)19(3)27(20(4)32(43)50-24)51-25-16-36(9,47-13)30(42)22(6)49-25/h18-27,29-31,33,39,41-42,44-46H,14-17H2,1-13H3/t18?,19?,20?,21?,22-,23?,24-,25?,26+,27+,29+,30?,31+,33?,34-,35+,36+,37+/m0/s1. The van der Waals surface area contributed by atoms with Crippen LogP contribution in [0.2, 0.25) is 0 Å². The van der Waals surface area contributed by atoms with E-state index in [1.54, 1.807) is 34.6 Å². The van der Waals surface area contributed by atoms with Gasteiger partial charge in [-0.1, -0.05) is 20.8 Å². The summed E-state index contributed by atoms with van der Waals surface area (Å²) in [7, 11) is 5.09. The molecular formula is C37H67NO14. The summed E-state index contributed by atoms with van der Waals surface area (Å²) in [6.07, 6.45) is -11.2. The van der Waals surface area contributed by atoms with E-state index >= 15 is 0 Å². The third kappa shape index (κ3) is 9.36. The maximum Gasteiger partial charge on any atom is 0.311 e. The maximum absolute atomic E-state index is 14.1. The average Bonchev–Trinajstić information content (AvgIpc) is 3.05. The highest BCUT2D eigenvalue weighted by Gasteiger charge is 2.55. The number of ether oxygens (including phenoxy) is 6. The van der Waals surface area contributed by atoms with Crippen LogP contribution in [-0.4, -0.2) is 158 Å². The third-order valence-corrected chi connectivity index (χ3v) is 11.8. The number of esters is 1. The topological polar surface area (TPSA) is 214 Å². The predicted molar refractivity (Wildman–Crippen MR) is 188 cm³/mol. The van der Waals surface area contributed by atoms with Crippen molar-refractivity contribution in [3.63, 3.8) is 0 Å². The van der Waals surface area contributed by atoms with Crippen molar-refractivity contribution in [2.75, 3.05) is 21.2 Å². The molecule has 0 saturated carbocycles. The molecule has 0 aromatic carbocycles. The van der Waals surface area contributed by atoms with Gasteiger partial charge in [-0.25, -0.2) is 0 Å². The van der Waals surface area contributed by atoms with Crippen LogP contribution in [0.15, 0.2) is 0 Å². The Bertz CT molecular complexity index is 1210. The van der Waals surface area contributed by atoms with Crippen LogP contribution in [0.3, 0.4) is 0 Å². The minimum atomic E-state index is -2.27. The van der Waals surface area contributed by atoms with Crippen molar-refractivity contribution in [3.8, 4) is 0 Å². The van der Waals surface area contributed by atoms with Crippen LogP contribution in [0.1, 0.15) is 94.9 Å². The fourth-order valence-electron chi connectivity index (χ4n) is 8.49. The third-order valence-electron chi connectivity index (χ3n) is 11.8. The van der Waals surface area contributed by atoms with Gasteiger partial charge in [-0.2, -0.15) is 0 Å². The van der Waals surface area contributed by atoms with E-state index in [2.05, 4.69) is 0 Å². The summed E-state index contributed by atoms with van der Waals surface area (Å²) in [6.45, 7) is 15.3. The van der Waals surface area contributed by atoms with Crippen LogP contribution < -0.4 is 0 Å². The first-order valence-corrected chi connectivity index (χ1v) is 18.5. The van der Waals surface area contributed by atoms with Gasteiger partial charge in [-0.3, -0.25) is 9.59 Å². The molecule has 0 aromatic rings. The van der Waals surface area contributed by atoms with E-state index in [0.717, 1.165) is 0 Å². The molecule has 6 N–H and O–H groups in total. The highest BCUT2D eigenvalue weighted by atomic mass is 16.7. The van der Waals surface area contributed by atoms with Gasteiger partial charge in [-0.05, 0) is 75.4 Å². The van der Waals surface area contributed by atoms with Crippen molar-refractivity contribution in [2.45, 2.75) is 185 Å². The molecular weight excluding hydrogens is 682 g/mol. The summed E-state index contributed by atoms with van der Waals surface area (Å²) in [5.74, 6) is -5.15. The predicted octanol–water partition coefficient (Wildman–Crippen LogP) is 0.901. The zero-order valence-electron chi connectivity index (χ0n) is 33.3. The Morgan fingerprint density at radius 2 is 1.48 bits per heavy atom. The van der Waals surface area contributed by atoms with E-state index in [-0.39, 0.29) is 25.0 Å². The molecule has 3 fully saturated rings. The second kappa shape index (κ2) is 16.8. The van der Waals surface area contributed by atoms with Crippen LogP contribution in [0.25, 0.3) is 0 Å². The van der Waals surface area contributed by atoms with Crippen LogP contribution in [0, 0.1) is 17.8 Å². The Hall–Kier alpha value is -1.34. The lowest BCUT2D eigenvalue weighted by molar-refractivity contribution is -0.319. The highest BCUT2D eigenvalue weighted by Crippen LogP contribution is 2.41. The molecule has 15 heteroatoms. The zero-order valence-corrected chi connectivity index (χ0v) is 33.3. The Morgan fingerprint density at radius 1 is 0.885 bits per heavy atom. The molecule has 15 nitrogen and oxygen atoms in total. The van der Waals surface area contributed by atoms with Gasteiger partial charge in [0.05, 0.1) is 47.6 Å². The van der Waals surface area contributed by atoms with Crippen molar-refractivity contribution in [3.05, 3.63) is 0 Å². The van der Waals surface area contributed by atoms with Gasteiger partial charge < -0.3 is 64.0 Å². The van der Waals surface area contributed by atoms with Gasteiger partial charge >= 0.3 is 5.97 Å². The number of carbonyl (C=O) groups is 2. The van der Waals surface area contributed by atoms with E-state index in [9.17, 15) is 40.2 Å². The van der Waals surface area contributed by atoms with Gasteiger partial charge in [0.1, 0.15) is 29.5 Å². The summed E-state index contributed by atoms with van der Waals surface area (Å²) >= 11 is 0. The minimum Gasteiger partial charge on any atom is -0.459 e. The number of methoxy groups -OCH3 is 1. The molecule has 18 atom stereocenters. The number of nitrogens with zero attached hydrogens (tertiary/aromatic N) is 1. The van der Waals surface area contributed by atoms with Crippen LogP contribution in [0.5, 0.6) is 0 Å². The first-order valence-electron chi connectivity index (χ1n) is 18.5.